The maximum Gasteiger partial charge on any atom is 0.169 e. The maximum atomic E-state index is 13.2. The van der Waals surface area contributed by atoms with Crippen molar-refractivity contribution in [2.75, 3.05) is 0 Å². The number of benzene rings is 1. The predicted molar refractivity (Wildman–Crippen MR) is 99.9 cm³/mol. The summed E-state index contributed by atoms with van der Waals surface area (Å²) in [4.78, 5) is 13.2. The van der Waals surface area contributed by atoms with E-state index >= 15 is 0 Å². The lowest BCUT2D eigenvalue weighted by Crippen LogP contribution is -2.38. The molecule has 0 spiro atoms. The number of hydrogen-bond acceptors (Lipinski definition) is 2. The summed E-state index contributed by atoms with van der Waals surface area (Å²) in [6.45, 7) is 13.8. The van der Waals surface area contributed by atoms with Gasteiger partial charge in [0.2, 0.25) is 0 Å². The highest BCUT2D eigenvalue weighted by molar-refractivity contribution is 6.01. The van der Waals surface area contributed by atoms with E-state index in [1.165, 1.54) is 0 Å². The molecule has 1 rings (SSSR count). The van der Waals surface area contributed by atoms with Gasteiger partial charge in [-0.2, -0.15) is 0 Å². The Morgan fingerprint density at radius 3 is 2.09 bits per heavy atom. The van der Waals surface area contributed by atoms with Gasteiger partial charge in [-0.1, -0.05) is 64.8 Å². The van der Waals surface area contributed by atoms with Gasteiger partial charge in [0.05, 0.1) is 0 Å². The average molecular weight is 318 g/mol. The van der Waals surface area contributed by atoms with E-state index in [0.717, 1.165) is 49.8 Å². The van der Waals surface area contributed by atoms with E-state index < -0.39 is 0 Å². The minimum atomic E-state index is -0.236. The molecule has 0 aliphatic carbocycles. The summed E-state index contributed by atoms with van der Waals surface area (Å²) in [6.07, 6.45) is 5.08. The standard InChI is InChI=1S/C21H35NO/c1-7-14-21(6,15-8-2)19(23)18-13-11-10-12-17(18)16-22-20(4,5)9-3/h10-13,22H,7-9,14-16H2,1-6H3. The summed E-state index contributed by atoms with van der Waals surface area (Å²) in [5, 5.41) is 3.58. The Morgan fingerprint density at radius 1 is 1.00 bits per heavy atom. The molecule has 0 aromatic heterocycles. The molecule has 0 saturated carbocycles. The van der Waals surface area contributed by atoms with E-state index in [0.29, 0.717) is 5.78 Å². The van der Waals surface area contributed by atoms with Crippen molar-refractivity contribution < 1.29 is 4.79 Å². The molecule has 23 heavy (non-hydrogen) atoms. The Hall–Kier alpha value is -1.15. The second-order valence-corrected chi connectivity index (χ2v) is 7.64. The van der Waals surface area contributed by atoms with Crippen molar-refractivity contribution in [1.82, 2.24) is 5.32 Å². The Morgan fingerprint density at radius 2 is 1.57 bits per heavy atom. The number of nitrogens with one attached hydrogen (secondary N) is 1. The van der Waals surface area contributed by atoms with Crippen molar-refractivity contribution in [3.05, 3.63) is 35.4 Å². The van der Waals surface area contributed by atoms with Crippen molar-refractivity contribution in [2.45, 2.75) is 85.7 Å². The highest BCUT2D eigenvalue weighted by Crippen LogP contribution is 2.34. The number of hydrogen-bond donors (Lipinski definition) is 1. The largest absolute Gasteiger partial charge is 0.308 e. The average Bonchev–Trinajstić information content (AvgIpc) is 2.53. The molecule has 2 heteroatoms. The van der Waals surface area contributed by atoms with Gasteiger partial charge in [0.15, 0.2) is 5.78 Å². The van der Waals surface area contributed by atoms with Crippen LogP contribution in [-0.2, 0) is 6.54 Å². The molecule has 1 aromatic rings. The van der Waals surface area contributed by atoms with Crippen molar-refractivity contribution in [3.8, 4) is 0 Å². The van der Waals surface area contributed by atoms with Crippen LogP contribution in [0.3, 0.4) is 0 Å². The lowest BCUT2D eigenvalue weighted by atomic mass is 9.74. The van der Waals surface area contributed by atoms with E-state index in [4.69, 9.17) is 0 Å². The van der Waals surface area contributed by atoms with Crippen molar-refractivity contribution in [1.29, 1.82) is 0 Å². The predicted octanol–water partition coefficient (Wildman–Crippen LogP) is 5.75. The van der Waals surface area contributed by atoms with E-state index in [2.05, 4.69) is 52.9 Å². The van der Waals surface area contributed by atoms with Gasteiger partial charge in [0.1, 0.15) is 0 Å². The van der Waals surface area contributed by atoms with Crippen LogP contribution in [0.15, 0.2) is 24.3 Å². The summed E-state index contributed by atoms with van der Waals surface area (Å²) in [7, 11) is 0. The minimum Gasteiger partial charge on any atom is -0.308 e. The molecule has 0 aliphatic heterocycles. The van der Waals surface area contributed by atoms with Gasteiger partial charge in [0, 0.05) is 23.1 Å². The first kappa shape index (κ1) is 19.9. The van der Waals surface area contributed by atoms with Gasteiger partial charge in [-0.3, -0.25) is 4.79 Å². The normalized spacial score (nSPS) is 12.4. The maximum absolute atomic E-state index is 13.2. The highest BCUT2D eigenvalue weighted by atomic mass is 16.1. The van der Waals surface area contributed by atoms with Crippen LogP contribution in [-0.4, -0.2) is 11.3 Å². The quantitative estimate of drug-likeness (QED) is 0.556. The van der Waals surface area contributed by atoms with Crippen LogP contribution in [0.4, 0.5) is 0 Å². The number of Topliss-reactive ketones (excluding diaryl/α,β-unsaturated/α-hetero) is 1. The van der Waals surface area contributed by atoms with Crippen LogP contribution < -0.4 is 5.32 Å². The van der Waals surface area contributed by atoms with E-state index in [-0.39, 0.29) is 11.0 Å². The van der Waals surface area contributed by atoms with Gasteiger partial charge in [-0.05, 0) is 38.7 Å². The molecular formula is C21H35NO. The molecule has 1 aromatic carbocycles. The number of carbonyl (C=O) groups excluding carboxylic acids is 1. The van der Waals surface area contributed by atoms with Crippen LogP contribution in [0, 0.1) is 5.41 Å². The zero-order chi connectivity index (χ0) is 17.5. The molecule has 1 N–H and O–H groups in total. The van der Waals surface area contributed by atoms with E-state index in [1.54, 1.807) is 0 Å². The first-order valence-electron chi connectivity index (χ1n) is 9.17. The molecule has 0 bridgehead atoms. The molecule has 0 aliphatic rings. The lowest BCUT2D eigenvalue weighted by molar-refractivity contribution is 0.0782. The fraction of sp³-hybridized carbons (Fsp3) is 0.667. The zero-order valence-corrected chi connectivity index (χ0v) is 16.0. The Balaban J connectivity index is 3.05. The monoisotopic (exact) mass is 317 g/mol. The van der Waals surface area contributed by atoms with Gasteiger partial charge < -0.3 is 5.32 Å². The van der Waals surface area contributed by atoms with Crippen LogP contribution in [0.1, 0.15) is 89.6 Å². The van der Waals surface area contributed by atoms with Crippen molar-refractivity contribution >= 4 is 5.78 Å². The molecule has 2 nitrogen and oxygen atoms in total. The van der Waals surface area contributed by atoms with Gasteiger partial charge in [-0.25, -0.2) is 0 Å². The molecule has 130 valence electrons. The molecule has 0 unspecified atom stereocenters. The summed E-state index contributed by atoms with van der Waals surface area (Å²) in [5.41, 5.74) is 1.88. The summed E-state index contributed by atoms with van der Waals surface area (Å²) < 4.78 is 0. The molecule has 0 atom stereocenters. The molecule has 0 saturated heterocycles. The Labute approximate surface area is 143 Å². The smallest absolute Gasteiger partial charge is 0.169 e. The number of ketones is 1. The topological polar surface area (TPSA) is 29.1 Å². The van der Waals surface area contributed by atoms with E-state index in [1.807, 2.05) is 18.2 Å². The van der Waals surface area contributed by atoms with Gasteiger partial charge >= 0.3 is 0 Å². The van der Waals surface area contributed by atoms with Crippen LogP contribution in [0.2, 0.25) is 0 Å². The highest BCUT2D eigenvalue weighted by Gasteiger charge is 2.33. The number of rotatable bonds is 10. The Bertz CT molecular complexity index is 498. The van der Waals surface area contributed by atoms with Gasteiger partial charge in [0.25, 0.3) is 0 Å². The first-order valence-corrected chi connectivity index (χ1v) is 9.17. The molecule has 0 amide bonds. The van der Waals surface area contributed by atoms with Crippen molar-refractivity contribution in [3.63, 3.8) is 0 Å². The first-order chi connectivity index (χ1) is 10.8. The molecular weight excluding hydrogens is 282 g/mol. The SMILES string of the molecule is CCCC(C)(CCC)C(=O)c1ccccc1CNC(C)(C)CC. The number of carbonyl (C=O) groups is 1. The molecule has 0 fully saturated rings. The van der Waals surface area contributed by atoms with Crippen LogP contribution in [0.25, 0.3) is 0 Å². The third-order valence-corrected chi connectivity index (χ3v) is 5.05. The second-order valence-electron chi connectivity index (χ2n) is 7.64. The van der Waals surface area contributed by atoms with E-state index in [9.17, 15) is 4.79 Å². The Kier molecular flexibility index (Phi) is 7.47. The minimum absolute atomic E-state index is 0.0896. The fourth-order valence-electron chi connectivity index (χ4n) is 3.14. The van der Waals surface area contributed by atoms with Crippen LogP contribution >= 0.6 is 0 Å². The molecule has 0 heterocycles. The fourth-order valence-corrected chi connectivity index (χ4v) is 3.14. The summed E-state index contributed by atoms with van der Waals surface area (Å²) in [6, 6.07) is 8.11. The summed E-state index contributed by atoms with van der Waals surface area (Å²) in [5.74, 6) is 0.313. The van der Waals surface area contributed by atoms with Crippen LogP contribution in [0.5, 0.6) is 0 Å². The lowest BCUT2D eigenvalue weighted by Gasteiger charge is -2.29. The second kappa shape index (κ2) is 8.63. The van der Waals surface area contributed by atoms with Crippen molar-refractivity contribution in [2.24, 2.45) is 5.41 Å². The third-order valence-electron chi connectivity index (χ3n) is 5.05. The third kappa shape index (κ3) is 5.46. The zero-order valence-electron chi connectivity index (χ0n) is 16.0. The molecule has 0 radical (unpaired) electrons. The van der Waals surface area contributed by atoms with Gasteiger partial charge in [-0.15, -0.1) is 0 Å². The summed E-state index contributed by atoms with van der Waals surface area (Å²) >= 11 is 0.